The lowest BCUT2D eigenvalue weighted by Crippen LogP contribution is -2.36. The maximum atomic E-state index is 12.1. The number of carboxylic acids is 1. The van der Waals surface area contributed by atoms with Crippen molar-refractivity contribution in [2.45, 2.75) is 96.6 Å². The predicted octanol–water partition coefficient (Wildman–Crippen LogP) is 2.88. The highest BCUT2D eigenvalue weighted by molar-refractivity contribution is 7.09. The average Bonchev–Trinajstić information content (AvgIpc) is 3.58. The lowest BCUT2D eigenvalue weighted by molar-refractivity contribution is -0.173. The van der Waals surface area contributed by atoms with Gasteiger partial charge < -0.3 is 19.4 Å². The fraction of sp³-hybridized carbons (Fsp3) is 0.682. The van der Waals surface area contributed by atoms with E-state index in [1.165, 1.54) is 11.3 Å². The molecular formula is C22H33N3O8S. The highest BCUT2D eigenvalue weighted by Crippen LogP contribution is 2.42. The van der Waals surface area contributed by atoms with E-state index in [-0.39, 0.29) is 17.4 Å². The zero-order valence-corrected chi connectivity index (χ0v) is 21.4. The van der Waals surface area contributed by atoms with Crippen LogP contribution >= 0.6 is 11.3 Å². The standard InChI is InChI=1S/C14H18N2O5S.C8H15NO3/c1-8-15-9(7-22-8)10(11(17)18)16-21-14(5-6-14)12(19)20-13(2,3)4;1-7(2,3)11-6(10)8(12-9)4-5-8/h7H,5-6H2,1-4H3,(H,17,18);4-5,9H2,1-3H3/b16-10-;. The van der Waals surface area contributed by atoms with E-state index in [0.29, 0.717) is 25.7 Å². The minimum absolute atomic E-state index is 0.218. The van der Waals surface area contributed by atoms with Gasteiger partial charge in [0.25, 0.3) is 0 Å². The molecule has 3 N–H and O–H groups in total. The molecule has 2 saturated carbocycles. The van der Waals surface area contributed by atoms with Crippen LogP contribution in [-0.4, -0.2) is 56.1 Å². The van der Waals surface area contributed by atoms with Gasteiger partial charge in [-0.2, -0.15) is 0 Å². The van der Waals surface area contributed by atoms with Crippen molar-refractivity contribution < 1.29 is 38.6 Å². The van der Waals surface area contributed by atoms with Crippen LogP contribution in [-0.2, 0) is 33.5 Å². The monoisotopic (exact) mass is 499 g/mol. The Kier molecular flexibility index (Phi) is 8.11. The summed E-state index contributed by atoms with van der Waals surface area (Å²) in [6.07, 6.45) is 2.24. The number of nitrogens with zero attached hydrogens (tertiary/aromatic N) is 2. The Morgan fingerprint density at radius 3 is 1.79 bits per heavy atom. The molecule has 0 atom stereocenters. The number of carbonyl (C=O) groups is 3. The molecule has 1 aromatic heterocycles. The van der Waals surface area contributed by atoms with Crippen molar-refractivity contribution in [1.82, 2.24) is 4.98 Å². The molecule has 0 aliphatic heterocycles. The molecule has 1 heterocycles. The number of aliphatic carboxylic acids is 1. The molecule has 0 saturated heterocycles. The van der Waals surface area contributed by atoms with Crippen LogP contribution in [0.1, 0.15) is 77.9 Å². The lowest BCUT2D eigenvalue weighted by atomic mass is 10.2. The van der Waals surface area contributed by atoms with Gasteiger partial charge in [-0.25, -0.2) is 25.3 Å². The van der Waals surface area contributed by atoms with Crippen molar-refractivity contribution in [1.29, 1.82) is 0 Å². The van der Waals surface area contributed by atoms with E-state index >= 15 is 0 Å². The van der Waals surface area contributed by atoms with Crippen molar-refractivity contribution in [2.75, 3.05) is 0 Å². The number of hydrogen-bond acceptors (Lipinski definition) is 11. The molecule has 0 aromatic carbocycles. The molecule has 2 fully saturated rings. The van der Waals surface area contributed by atoms with Crippen LogP contribution in [0.3, 0.4) is 0 Å². The molecule has 12 heteroatoms. The summed E-state index contributed by atoms with van der Waals surface area (Å²) >= 11 is 1.31. The van der Waals surface area contributed by atoms with E-state index in [0.717, 1.165) is 5.01 Å². The highest BCUT2D eigenvalue weighted by atomic mass is 32.1. The Balaban J connectivity index is 0.000000287. The second-order valence-electron chi connectivity index (χ2n) is 10.2. The summed E-state index contributed by atoms with van der Waals surface area (Å²) in [5.41, 5.74) is -3.20. The van der Waals surface area contributed by atoms with Gasteiger partial charge in [-0.3, -0.25) is 4.84 Å². The lowest BCUT2D eigenvalue weighted by Gasteiger charge is -2.22. The minimum atomic E-state index is -1.26. The normalized spacial score (nSPS) is 18.2. The van der Waals surface area contributed by atoms with Gasteiger partial charge in [0, 0.05) is 18.2 Å². The van der Waals surface area contributed by atoms with E-state index in [9.17, 15) is 19.5 Å². The fourth-order valence-electron chi connectivity index (χ4n) is 2.47. The van der Waals surface area contributed by atoms with Gasteiger partial charge in [0.15, 0.2) is 5.60 Å². The van der Waals surface area contributed by atoms with Crippen LogP contribution in [0.2, 0.25) is 0 Å². The van der Waals surface area contributed by atoms with E-state index in [4.69, 9.17) is 20.2 Å². The maximum absolute atomic E-state index is 12.1. The van der Waals surface area contributed by atoms with E-state index in [1.54, 1.807) is 33.1 Å². The maximum Gasteiger partial charge on any atom is 0.360 e. The van der Waals surface area contributed by atoms with Gasteiger partial charge >= 0.3 is 17.9 Å². The second-order valence-corrected chi connectivity index (χ2v) is 11.3. The van der Waals surface area contributed by atoms with Crippen molar-refractivity contribution in [3.63, 3.8) is 0 Å². The number of ether oxygens (including phenoxy) is 2. The number of aryl methyl sites for hydroxylation is 1. The fourth-order valence-corrected chi connectivity index (χ4v) is 3.07. The number of carboxylic acid groups (broad SMARTS) is 1. The number of hydrogen-bond donors (Lipinski definition) is 2. The van der Waals surface area contributed by atoms with E-state index in [1.807, 2.05) is 20.8 Å². The third kappa shape index (κ3) is 7.74. The van der Waals surface area contributed by atoms with Crippen LogP contribution < -0.4 is 5.90 Å². The molecule has 2 aliphatic carbocycles. The van der Waals surface area contributed by atoms with Crippen molar-refractivity contribution in [2.24, 2.45) is 11.1 Å². The van der Waals surface area contributed by atoms with E-state index < -0.39 is 34.3 Å². The number of oxime groups is 1. The van der Waals surface area contributed by atoms with Crippen molar-refractivity contribution >= 4 is 35.0 Å². The highest BCUT2D eigenvalue weighted by Gasteiger charge is 2.57. The Morgan fingerprint density at radius 1 is 1.00 bits per heavy atom. The van der Waals surface area contributed by atoms with Gasteiger partial charge in [-0.15, -0.1) is 11.3 Å². The van der Waals surface area contributed by atoms with Crippen LogP contribution in [0, 0.1) is 6.92 Å². The smallest absolute Gasteiger partial charge is 0.360 e. The average molecular weight is 500 g/mol. The second kappa shape index (κ2) is 9.96. The third-order valence-electron chi connectivity index (χ3n) is 4.55. The molecule has 0 radical (unpaired) electrons. The van der Waals surface area contributed by atoms with Gasteiger partial charge in [-0.1, -0.05) is 5.16 Å². The largest absolute Gasteiger partial charge is 0.476 e. The Morgan fingerprint density at radius 2 is 1.47 bits per heavy atom. The molecule has 0 bridgehead atoms. The number of nitrogens with two attached hydrogens (primary N) is 1. The molecule has 0 spiro atoms. The Labute approximate surface area is 202 Å². The first kappa shape index (κ1) is 27.7. The summed E-state index contributed by atoms with van der Waals surface area (Å²) in [4.78, 5) is 48.6. The van der Waals surface area contributed by atoms with Crippen LogP contribution in [0.15, 0.2) is 10.5 Å². The Hall–Kier alpha value is -2.57. The van der Waals surface area contributed by atoms with Crippen LogP contribution in [0.5, 0.6) is 0 Å². The van der Waals surface area contributed by atoms with Crippen LogP contribution in [0.25, 0.3) is 0 Å². The number of aromatic nitrogens is 1. The summed E-state index contributed by atoms with van der Waals surface area (Å²) < 4.78 is 10.4. The topological polar surface area (TPSA) is 160 Å². The number of rotatable bonds is 7. The van der Waals surface area contributed by atoms with Gasteiger partial charge in [0.2, 0.25) is 11.3 Å². The predicted molar refractivity (Wildman–Crippen MR) is 123 cm³/mol. The molecular weight excluding hydrogens is 466 g/mol. The summed E-state index contributed by atoms with van der Waals surface area (Å²) in [6, 6.07) is 0. The molecule has 34 heavy (non-hydrogen) atoms. The molecule has 3 rings (SSSR count). The summed E-state index contributed by atoms with van der Waals surface area (Å²) in [5.74, 6) is 2.85. The molecule has 11 nitrogen and oxygen atoms in total. The first-order chi connectivity index (χ1) is 15.5. The molecule has 190 valence electrons. The zero-order valence-electron chi connectivity index (χ0n) is 20.6. The van der Waals surface area contributed by atoms with Crippen LogP contribution in [0.4, 0.5) is 0 Å². The summed E-state index contributed by atoms with van der Waals surface area (Å²) in [7, 11) is 0. The minimum Gasteiger partial charge on any atom is -0.476 e. The molecule has 0 amide bonds. The molecule has 0 unspecified atom stereocenters. The number of esters is 2. The van der Waals surface area contributed by atoms with E-state index in [2.05, 4.69) is 15.0 Å². The van der Waals surface area contributed by atoms with Gasteiger partial charge in [0.1, 0.15) is 16.9 Å². The van der Waals surface area contributed by atoms with Gasteiger partial charge in [-0.05, 0) is 61.3 Å². The Bertz CT molecular complexity index is 950. The zero-order chi connectivity index (χ0) is 25.9. The quantitative estimate of drug-likeness (QED) is 0.324. The SMILES string of the molecule is CC(C)(C)OC(=O)C1(ON)CC1.Cc1nc(/C(=N/OC2(C(=O)OC(C)(C)C)CC2)C(=O)O)cs1. The molecule has 1 aromatic rings. The first-order valence-electron chi connectivity index (χ1n) is 10.8. The number of thiazole rings is 1. The summed E-state index contributed by atoms with van der Waals surface area (Å²) in [6.45, 7) is 12.5. The summed E-state index contributed by atoms with van der Waals surface area (Å²) in [5, 5.41) is 15.2. The molecule has 2 aliphatic rings. The number of carbonyl (C=O) groups excluding carboxylic acids is 2. The van der Waals surface area contributed by atoms with Crippen molar-refractivity contribution in [3.8, 4) is 0 Å². The van der Waals surface area contributed by atoms with Gasteiger partial charge in [0.05, 0.1) is 5.01 Å². The van der Waals surface area contributed by atoms with Crippen molar-refractivity contribution in [3.05, 3.63) is 16.1 Å². The third-order valence-corrected chi connectivity index (χ3v) is 5.33. The first-order valence-corrected chi connectivity index (χ1v) is 11.7.